The van der Waals surface area contributed by atoms with E-state index in [-0.39, 0.29) is 31.7 Å². The van der Waals surface area contributed by atoms with Crippen molar-refractivity contribution in [3.05, 3.63) is 64.8 Å². The van der Waals surface area contributed by atoms with Gasteiger partial charge in [0.25, 0.3) is 5.91 Å². The van der Waals surface area contributed by atoms with Crippen molar-refractivity contribution in [2.45, 2.75) is 52.5 Å². The second-order valence-electron chi connectivity index (χ2n) is 8.24. The molecule has 1 aromatic heterocycles. The summed E-state index contributed by atoms with van der Waals surface area (Å²) in [5.74, 6) is -3.45. The first kappa shape index (κ1) is 22.8. The highest BCUT2D eigenvalue weighted by molar-refractivity contribution is 6.01. The van der Waals surface area contributed by atoms with Gasteiger partial charge in [-0.1, -0.05) is 25.6 Å². The number of carbonyl (C=O) groups is 1. The van der Waals surface area contributed by atoms with Crippen LogP contribution < -0.4 is 0 Å². The molecule has 7 heteroatoms. The summed E-state index contributed by atoms with van der Waals surface area (Å²) in [5, 5.41) is 4.28. The van der Waals surface area contributed by atoms with Gasteiger partial charge in [-0.2, -0.15) is 5.10 Å². The molecule has 166 valence electrons. The van der Waals surface area contributed by atoms with Gasteiger partial charge in [-0.3, -0.25) is 9.48 Å². The summed E-state index contributed by atoms with van der Waals surface area (Å²) in [4.78, 5) is 14.4. The summed E-state index contributed by atoms with van der Waals surface area (Å²) >= 11 is 0. The minimum atomic E-state index is -2.77. The molecule has 0 atom stereocenters. The molecule has 1 aliphatic heterocycles. The van der Waals surface area contributed by atoms with E-state index in [0.717, 1.165) is 22.4 Å². The van der Waals surface area contributed by atoms with E-state index in [4.69, 9.17) is 0 Å². The Morgan fingerprint density at radius 1 is 1.29 bits per heavy atom. The second-order valence-corrected chi connectivity index (χ2v) is 8.24. The van der Waals surface area contributed by atoms with Gasteiger partial charge in [-0.25, -0.2) is 13.2 Å². The predicted octanol–water partition coefficient (Wildman–Crippen LogP) is 5.58. The minimum Gasteiger partial charge on any atom is -0.330 e. The van der Waals surface area contributed by atoms with Crippen LogP contribution in [0.2, 0.25) is 0 Å². The van der Waals surface area contributed by atoms with Crippen LogP contribution in [0.5, 0.6) is 0 Å². The third-order valence-electron chi connectivity index (χ3n) is 5.76. The third kappa shape index (κ3) is 4.92. The van der Waals surface area contributed by atoms with E-state index in [9.17, 15) is 18.0 Å². The maximum absolute atomic E-state index is 14.8. The predicted molar refractivity (Wildman–Crippen MR) is 115 cm³/mol. The molecule has 0 saturated heterocycles. The van der Waals surface area contributed by atoms with E-state index in [0.29, 0.717) is 23.3 Å². The van der Waals surface area contributed by atoms with E-state index in [1.165, 1.54) is 17.9 Å². The Labute approximate surface area is 181 Å². The highest BCUT2D eigenvalue weighted by Gasteiger charge is 2.32. The summed E-state index contributed by atoms with van der Waals surface area (Å²) in [7, 11) is 1.81. The number of amides is 1. The fourth-order valence-electron chi connectivity index (χ4n) is 3.93. The molecule has 0 saturated carbocycles. The first-order valence-electron chi connectivity index (χ1n) is 10.4. The average molecular weight is 432 g/mol. The first-order chi connectivity index (χ1) is 14.5. The largest absolute Gasteiger partial charge is 0.330 e. The number of rotatable bonds is 8. The van der Waals surface area contributed by atoms with Gasteiger partial charge in [0.1, 0.15) is 5.82 Å². The number of hydrogen-bond donors (Lipinski definition) is 0. The zero-order chi connectivity index (χ0) is 22.9. The summed E-state index contributed by atoms with van der Waals surface area (Å²) in [6.07, 6.45) is 1.31. The minimum absolute atomic E-state index is 0.0562. The maximum Gasteiger partial charge on any atom is 0.254 e. The van der Waals surface area contributed by atoms with Crippen LogP contribution in [0, 0.1) is 12.7 Å². The second kappa shape index (κ2) is 8.73. The van der Waals surface area contributed by atoms with Crippen LogP contribution >= 0.6 is 0 Å². The molecular formula is C24H28F3N3O. The summed E-state index contributed by atoms with van der Waals surface area (Å²) < 4.78 is 43.7. The van der Waals surface area contributed by atoms with Gasteiger partial charge in [0.2, 0.25) is 5.92 Å². The van der Waals surface area contributed by atoms with Crippen molar-refractivity contribution in [2.24, 2.45) is 7.05 Å². The van der Waals surface area contributed by atoms with Gasteiger partial charge in [0.05, 0.1) is 5.69 Å². The SMILES string of the molecule is C=C(CCC(F)(F)CC)C1=C(C)CN(Cc2ccc(-c3cn(C)nc3C)cc2F)C1=O. The van der Waals surface area contributed by atoms with Gasteiger partial charge in [0.15, 0.2) is 0 Å². The Balaban J connectivity index is 1.71. The zero-order valence-electron chi connectivity index (χ0n) is 18.4. The molecule has 0 radical (unpaired) electrons. The van der Waals surface area contributed by atoms with E-state index in [2.05, 4.69) is 11.7 Å². The van der Waals surface area contributed by atoms with Gasteiger partial charge in [-0.15, -0.1) is 0 Å². The van der Waals surface area contributed by atoms with Gasteiger partial charge in [-0.05, 0) is 43.0 Å². The number of aromatic nitrogens is 2. The van der Waals surface area contributed by atoms with E-state index in [1.807, 2.05) is 26.2 Å². The number of nitrogens with zero attached hydrogens (tertiary/aromatic N) is 3. The topological polar surface area (TPSA) is 38.1 Å². The van der Waals surface area contributed by atoms with Crippen LogP contribution in [-0.2, 0) is 18.4 Å². The van der Waals surface area contributed by atoms with Crippen LogP contribution in [0.15, 0.2) is 47.7 Å². The molecular weight excluding hydrogens is 403 g/mol. The maximum atomic E-state index is 14.8. The van der Waals surface area contributed by atoms with E-state index in [1.54, 1.807) is 17.7 Å². The van der Waals surface area contributed by atoms with E-state index >= 15 is 0 Å². The third-order valence-corrected chi connectivity index (χ3v) is 5.76. The lowest BCUT2D eigenvalue weighted by atomic mass is 9.97. The molecule has 1 amide bonds. The Kier molecular flexibility index (Phi) is 6.43. The molecule has 0 aliphatic carbocycles. The fraction of sp³-hybridized carbons (Fsp3) is 0.417. The molecule has 2 heterocycles. The Hall–Kier alpha value is -2.83. The van der Waals surface area contributed by atoms with Gasteiger partial charge >= 0.3 is 0 Å². The lowest BCUT2D eigenvalue weighted by molar-refractivity contribution is -0.125. The normalized spacial score (nSPS) is 14.7. The first-order valence-corrected chi connectivity index (χ1v) is 10.4. The Morgan fingerprint density at radius 3 is 2.58 bits per heavy atom. The molecule has 1 aromatic carbocycles. The van der Waals surface area contributed by atoms with Crippen molar-refractivity contribution in [1.82, 2.24) is 14.7 Å². The van der Waals surface area contributed by atoms with Crippen molar-refractivity contribution in [2.75, 3.05) is 6.54 Å². The molecule has 3 rings (SSSR count). The van der Waals surface area contributed by atoms with Gasteiger partial charge in [0, 0.05) is 55.9 Å². The van der Waals surface area contributed by atoms with Crippen LogP contribution in [-0.4, -0.2) is 33.1 Å². The molecule has 0 unspecified atom stereocenters. The smallest absolute Gasteiger partial charge is 0.254 e. The lowest BCUT2D eigenvalue weighted by Crippen LogP contribution is -2.27. The quantitative estimate of drug-likeness (QED) is 0.548. The van der Waals surface area contributed by atoms with Crippen LogP contribution in [0.25, 0.3) is 11.1 Å². The monoisotopic (exact) mass is 431 g/mol. The van der Waals surface area contributed by atoms with Crippen molar-refractivity contribution in [1.29, 1.82) is 0 Å². The number of carbonyl (C=O) groups excluding carboxylic acids is 1. The van der Waals surface area contributed by atoms with Crippen LogP contribution in [0.4, 0.5) is 13.2 Å². The molecule has 2 aromatic rings. The standard InChI is InChI=1S/C24H28F3N3O/c1-6-24(26,27)10-9-15(2)22-16(3)12-30(23(22)31)13-19-8-7-18(11-21(19)25)20-14-29(5)28-17(20)4/h7-8,11,14H,2,6,9-10,12-13H2,1,3-5H3. The van der Waals surface area contributed by atoms with Crippen molar-refractivity contribution in [3.63, 3.8) is 0 Å². The fourth-order valence-corrected chi connectivity index (χ4v) is 3.93. The van der Waals surface area contributed by atoms with Crippen LogP contribution in [0.3, 0.4) is 0 Å². The molecule has 31 heavy (non-hydrogen) atoms. The molecule has 0 bridgehead atoms. The zero-order valence-corrected chi connectivity index (χ0v) is 18.4. The molecule has 0 N–H and O–H groups in total. The highest BCUT2D eigenvalue weighted by Crippen LogP contribution is 2.33. The number of aryl methyl sites for hydroxylation is 2. The molecule has 0 fully saturated rings. The van der Waals surface area contributed by atoms with Crippen molar-refractivity contribution < 1.29 is 18.0 Å². The Bertz CT molecular complexity index is 1050. The lowest BCUT2D eigenvalue weighted by Gasteiger charge is -2.19. The molecule has 4 nitrogen and oxygen atoms in total. The molecule has 0 spiro atoms. The van der Waals surface area contributed by atoms with Crippen molar-refractivity contribution >= 4 is 5.91 Å². The summed E-state index contributed by atoms with van der Waals surface area (Å²) in [5.41, 5.74) is 4.37. The average Bonchev–Trinajstić information content (AvgIpc) is 3.19. The van der Waals surface area contributed by atoms with Gasteiger partial charge < -0.3 is 4.90 Å². The number of halogens is 3. The van der Waals surface area contributed by atoms with E-state index < -0.39 is 11.7 Å². The Morgan fingerprint density at radius 2 is 2.00 bits per heavy atom. The van der Waals surface area contributed by atoms with Crippen LogP contribution in [0.1, 0.15) is 44.4 Å². The highest BCUT2D eigenvalue weighted by atomic mass is 19.3. The number of hydrogen-bond acceptors (Lipinski definition) is 2. The number of benzene rings is 1. The molecule has 1 aliphatic rings. The number of alkyl halides is 2. The summed E-state index contributed by atoms with van der Waals surface area (Å²) in [6, 6.07) is 4.94. The summed E-state index contributed by atoms with van der Waals surface area (Å²) in [6.45, 7) is 9.40. The van der Waals surface area contributed by atoms with Crippen molar-refractivity contribution in [3.8, 4) is 11.1 Å².